The minimum Gasteiger partial charge on any atom is -0.619 e. The van der Waals surface area contributed by atoms with Crippen LogP contribution in [0.15, 0.2) is 24.5 Å². The van der Waals surface area contributed by atoms with Gasteiger partial charge in [0.25, 0.3) is 0 Å². The van der Waals surface area contributed by atoms with Crippen LogP contribution in [0.1, 0.15) is 24.5 Å². The first-order valence-corrected chi connectivity index (χ1v) is 5.23. The van der Waals surface area contributed by atoms with Crippen LogP contribution < -0.4 is 4.73 Å². The number of pyridine rings is 1. The first-order valence-electron chi connectivity index (χ1n) is 5.23. The van der Waals surface area contributed by atoms with Crippen molar-refractivity contribution >= 4 is 0 Å². The highest BCUT2D eigenvalue weighted by Crippen LogP contribution is 2.16. The second-order valence-electron chi connectivity index (χ2n) is 3.77. The fraction of sp³-hybridized carbons (Fsp3) is 0.500. The van der Waals surface area contributed by atoms with E-state index in [9.17, 15) is 20.4 Å². The van der Waals surface area contributed by atoms with Gasteiger partial charge in [-0.15, -0.1) is 5.01 Å². The van der Waals surface area contributed by atoms with Gasteiger partial charge < -0.3 is 10.3 Å². The largest absolute Gasteiger partial charge is 0.619 e. The van der Waals surface area contributed by atoms with E-state index in [1.54, 1.807) is 12.1 Å². The molecule has 0 bridgehead atoms. The SMILES string of the molecule is CN(CCCC(O)c1ccc[n+]([O-])c1)[N+](=O)[O-]. The Bertz CT molecular complexity index is 386. The molecule has 1 N–H and O–H groups in total. The predicted molar refractivity (Wildman–Crippen MR) is 59.2 cm³/mol. The van der Waals surface area contributed by atoms with Crippen molar-refractivity contribution in [3.05, 3.63) is 45.4 Å². The predicted octanol–water partition coefficient (Wildman–Crippen LogP) is 0.257. The summed E-state index contributed by atoms with van der Waals surface area (Å²) < 4.78 is 0.613. The Morgan fingerprint density at radius 3 is 2.94 bits per heavy atom. The van der Waals surface area contributed by atoms with Gasteiger partial charge in [-0.1, -0.05) is 0 Å². The molecule has 1 heterocycles. The number of nitrogens with zero attached hydrogens (tertiary/aromatic N) is 3. The van der Waals surface area contributed by atoms with E-state index in [0.29, 0.717) is 23.1 Å². The lowest BCUT2D eigenvalue weighted by Crippen LogP contribution is -2.27. The van der Waals surface area contributed by atoms with E-state index >= 15 is 0 Å². The van der Waals surface area contributed by atoms with E-state index in [0.717, 1.165) is 5.01 Å². The van der Waals surface area contributed by atoms with E-state index in [1.807, 2.05) is 0 Å². The minimum atomic E-state index is -0.767. The number of aromatic nitrogens is 1. The molecule has 17 heavy (non-hydrogen) atoms. The Morgan fingerprint density at radius 2 is 2.35 bits per heavy atom. The molecule has 0 amide bonds. The van der Waals surface area contributed by atoms with Crippen molar-refractivity contribution in [2.75, 3.05) is 13.6 Å². The zero-order valence-corrected chi connectivity index (χ0v) is 9.52. The van der Waals surface area contributed by atoms with E-state index in [2.05, 4.69) is 0 Å². The molecular weight excluding hydrogens is 226 g/mol. The zero-order chi connectivity index (χ0) is 12.8. The van der Waals surface area contributed by atoms with Gasteiger partial charge in [-0.05, 0) is 18.9 Å². The number of hydrazine groups is 1. The van der Waals surface area contributed by atoms with Crippen molar-refractivity contribution in [1.29, 1.82) is 0 Å². The lowest BCUT2D eigenvalue weighted by Gasteiger charge is -2.11. The summed E-state index contributed by atoms with van der Waals surface area (Å²) in [5.74, 6) is 0. The highest BCUT2D eigenvalue weighted by Gasteiger charge is 2.12. The normalized spacial score (nSPS) is 12.1. The molecule has 0 aromatic carbocycles. The summed E-state index contributed by atoms with van der Waals surface area (Å²) in [4.78, 5) is 10.3. The van der Waals surface area contributed by atoms with Crippen LogP contribution in [-0.2, 0) is 0 Å². The summed E-state index contributed by atoms with van der Waals surface area (Å²) in [6.45, 7) is 0.258. The Hall–Kier alpha value is -1.89. The van der Waals surface area contributed by atoms with Gasteiger partial charge in [0.2, 0.25) is 0 Å². The summed E-state index contributed by atoms with van der Waals surface area (Å²) in [6, 6.07) is 3.20. The molecule has 7 heteroatoms. The van der Waals surface area contributed by atoms with E-state index in [1.165, 1.54) is 19.4 Å². The van der Waals surface area contributed by atoms with Gasteiger partial charge in [-0.2, -0.15) is 4.73 Å². The highest BCUT2D eigenvalue weighted by molar-refractivity contribution is 5.08. The van der Waals surface area contributed by atoms with Gasteiger partial charge in [0.1, 0.15) is 0 Å². The summed E-state index contributed by atoms with van der Waals surface area (Å²) in [7, 11) is 1.38. The van der Waals surface area contributed by atoms with Crippen molar-refractivity contribution in [2.24, 2.45) is 0 Å². The van der Waals surface area contributed by atoms with Gasteiger partial charge in [0, 0.05) is 11.6 Å². The van der Waals surface area contributed by atoms with Crippen molar-refractivity contribution in [1.82, 2.24) is 5.01 Å². The molecule has 0 radical (unpaired) electrons. The average Bonchev–Trinajstić information content (AvgIpc) is 2.28. The van der Waals surface area contributed by atoms with Crippen LogP contribution >= 0.6 is 0 Å². The van der Waals surface area contributed by atoms with E-state index in [-0.39, 0.29) is 6.54 Å². The molecule has 1 unspecified atom stereocenters. The molecule has 94 valence electrons. The quantitative estimate of drug-likeness (QED) is 0.333. The first-order chi connectivity index (χ1) is 8.00. The fourth-order valence-corrected chi connectivity index (χ4v) is 1.43. The van der Waals surface area contributed by atoms with Crippen LogP contribution in [0.25, 0.3) is 0 Å². The van der Waals surface area contributed by atoms with Gasteiger partial charge in [0.15, 0.2) is 17.4 Å². The molecule has 1 rings (SSSR count). The second kappa shape index (κ2) is 6.00. The molecule has 0 aliphatic rings. The summed E-state index contributed by atoms with van der Waals surface area (Å²) in [5, 5.41) is 31.5. The maximum Gasteiger partial charge on any atom is 0.186 e. The standard InChI is InChI=1S/C10H15N3O4/c1-11(13(16)17)6-3-5-10(14)9-4-2-7-12(15)8-9/h2,4,7-8,10,14H,3,5-6H2,1H3. The van der Waals surface area contributed by atoms with Crippen LogP contribution in [0.3, 0.4) is 0 Å². The third kappa shape index (κ3) is 4.23. The van der Waals surface area contributed by atoms with Crippen molar-refractivity contribution in [2.45, 2.75) is 18.9 Å². The van der Waals surface area contributed by atoms with Crippen molar-refractivity contribution in [3.63, 3.8) is 0 Å². The molecule has 0 saturated heterocycles. The molecular formula is C10H15N3O4. The van der Waals surface area contributed by atoms with Gasteiger partial charge in [-0.25, -0.2) is 10.1 Å². The Morgan fingerprint density at radius 1 is 1.65 bits per heavy atom. The Kier molecular flexibility index (Phi) is 4.65. The fourth-order valence-electron chi connectivity index (χ4n) is 1.43. The monoisotopic (exact) mass is 241 g/mol. The average molecular weight is 241 g/mol. The molecule has 1 aromatic heterocycles. The Balaban J connectivity index is 2.40. The number of rotatable bonds is 6. The number of hydrogen-bond acceptors (Lipinski definition) is 4. The highest BCUT2D eigenvalue weighted by atomic mass is 16.7. The third-order valence-corrected chi connectivity index (χ3v) is 2.42. The topological polar surface area (TPSA) is 93.5 Å². The molecule has 0 aliphatic carbocycles. The summed E-state index contributed by atoms with van der Waals surface area (Å²) in [5.41, 5.74) is 0.520. The van der Waals surface area contributed by atoms with Crippen LogP contribution in [0.4, 0.5) is 0 Å². The number of aliphatic hydroxyl groups is 1. The summed E-state index contributed by atoms with van der Waals surface area (Å²) >= 11 is 0. The molecule has 0 aliphatic heterocycles. The molecule has 7 nitrogen and oxygen atoms in total. The number of aliphatic hydroxyl groups excluding tert-OH is 1. The molecule has 0 fully saturated rings. The number of nitro groups is 1. The Labute approximate surface area is 98.6 Å². The molecule has 1 atom stereocenters. The minimum absolute atomic E-state index is 0.258. The number of hydrogen-bond donors (Lipinski definition) is 1. The molecule has 0 saturated carbocycles. The second-order valence-corrected chi connectivity index (χ2v) is 3.77. The lowest BCUT2D eigenvalue weighted by atomic mass is 10.1. The smallest absolute Gasteiger partial charge is 0.186 e. The lowest BCUT2D eigenvalue weighted by molar-refractivity contribution is -0.648. The van der Waals surface area contributed by atoms with E-state index in [4.69, 9.17) is 0 Å². The molecule has 1 aromatic rings. The van der Waals surface area contributed by atoms with E-state index < -0.39 is 11.1 Å². The van der Waals surface area contributed by atoms with Crippen LogP contribution in [0.2, 0.25) is 0 Å². The van der Waals surface area contributed by atoms with Gasteiger partial charge in [-0.3, -0.25) is 0 Å². The van der Waals surface area contributed by atoms with Gasteiger partial charge >= 0.3 is 0 Å². The maximum absolute atomic E-state index is 11.0. The van der Waals surface area contributed by atoms with Crippen molar-refractivity contribution in [3.8, 4) is 0 Å². The third-order valence-electron chi connectivity index (χ3n) is 2.42. The van der Waals surface area contributed by atoms with Crippen molar-refractivity contribution < 1.29 is 14.9 Å². The van der Waals surface area contributed by atoms with Gasteiger partial charge in [0.05, 0.1) is 19.7 Å². The van der Waals surface area contributed by atoms with Crippen LogP contribution in [0, 0.1) is 15.3 Å². The van der Waals surface area contributed by atoms with Crippen LogP contribution in [-0.4, -0.2) is 28.7 Å². The molecule has 0 spiro atoms. The zero-order valence-electron chi connectivity index (χ0n) is 9.52. The summed E-state index contributed by atoms with van der Waals surface area (Å²) in [6.07, 6.45) is 2.71. The maximum atomic E-state index is 11.0. The first kappa shape index (κ1) is 13.2. The van der Waals surface area contributed by atoms with Crippen LogP contribution in [0.5, 0.6) is 0 Å².